The lowest BCUT2D eigenvalue weighted by atomic mass is 9.81. The second-order valence-electron chi connectivity index (χ2n) is 7.44. The van der Waals surface area contributed by atoms with Gasteiger partial charge in [0.1, 0.15) is 0 Å². The fourth-order valence-electron chi connectivity index (χ4n) is 4.44. The van der Waals surface area contributed by atoms with Gasteiger partial charge in [0.05, 0.1) is 4.92 Å². The van der Waals surface area contributed by atoms with Crippen molar-refractivity contribution in [1.29, 1.82) is 0 Å². The average molecular weight is 385 g/mol. The summed E-state index contributed by atoms with van der Waals surface area (Å²) in [6.07, 6.45) is 5.58. The topological polar surface area (TPSA) is 75.5 Å². The van der Waals surface area contributed by atoms with Crippen LogP contribution in [0, 0.1) is 10.1 Å². The third kappa shape index (κ3) is 4.04. The minimum Gasteiger partial charge on any atom is -0.349 e. The molecule has 2 aromatic rings. The first-order chi connectivity index (χ1) is 13.1. The van der Waals surface area contributed by atoms with Crippen LogP contribution in [0.4, 0.5) is 5.69 Å². The number of carbonyl (C=O) groups is 1. The molecule has 6 nitrogen and oxygen atoms in total. The number of rotatable bonds is 5. The molecule has 2 atom stereocenters. The van der Waals surface area contributed by atoms with Crippen LogP contribution >= 0.6 is 11.3 Å². The summed E-state index contributed by atoms with van der Waals surface area (Å²) in [5.41, 5.74) is 0.481. The van der Waals surface area contributed by atoms with E-state index in [2.05, 4.69) is 27.7 Å². The Morgan fingerprint density at radius 2 is 1.89 bits per heavy atom. The van der Waals surface area contributed by atoms with E-state index in [1.165, 1.54) is 48.4 Å². The molecule has 2 fully saturated rings. The number of nitrogens with one attached hydrogen (secondary N) is 1. The normalized spacial score (nSPS) is 25.1. The fourth-order valence-corrected chi connectivity index (χ4v) is 5.15. The molecular weight excluding hydrogens is 362 g/mol. The van der Waals surface area contributed by atoms with Crippen LogP contribution in [0.1, 0.15) is 47.3 Å². The Kier molecular flexibility index (Phi) is 5.22. The molecule has 0 unspecified atom stereocenters. The maximum atomic E-state index is 12.6. The van der Waals surface area contributed by atoms with E-state index in [4.69, 9.17) is 0 Å². The van der Waals surface area contributed by atoms with Gasteiger partial charge in [-0.25, -0.2) is 0 Å². The standard InChI is InChI=1S/C20H23N3O3S/c24-20(14-6-8-16(9-7-14)23(25)26)21-15-11-17-3-1-4-18(12-15)22(17)13-19-5-2-10-27-19/h2,5-10,15,17-18H,1,3-4,11-13H2,(H,21,24)/t17-,18-/m1/s1. The highest BCUT2D eigenvalue weighted by Gasteiger charge is 2.38. The number of piperidine rings is 2. The molecule has 7 heteroatoms. The van der Waals surface area contributed by atoms with Crippen molar-refractivity contribution in [2.45, 2.75) is 56.8 Å². The van der Waals surface area contributed by atoms with Crippen LogP contribution in [-0.2, 0) is 6.54 Å². The van der Waals surface area contributed by atoms with E-state index in [1.807, 2.05) is 11.3 Å². The lowest BCUT2D eigenvalue weighted by Crippen LogP contribution is -2.56. The first-order valence-electron chi connectivity index (χ1n) is 9.43. The number of hydrogen-bond donors (Lipinski definition) is 1. The minimum atomic E-state index is -0.452. The molecule has 2 bridgehead atoms. The van der Waals surface area contributed by atoms with Gasteiger partial charge in [0, 0.05) is 47.2 Å². The van der Waals surface area contributed by atoms with Crippen molar-refractivity contribution in [3.05, 3.63) is 62.3 Å². The van der Waals surface area contributed by atoms with E-state index in [1.54, 1.807) is 0 Å². The molecule has 1 amide bonds. The summed E-state index contributed by atoms with van der Waals surface area (Å²) < 4.78 is 0. The average Bonchev–Trinajstić information content (AvgIpc) is 3.15. The van der Waals surface area contributed by atoms with Gasteiger partial charge in [-0.3, -0.25) is 19.8 Å². The van der Waals surface area contributed by atoms with E-state index in [-0.39, 0.29) is 17.6 Å². The lowest BCUT2D eigenvalue weighted by molar-refractivity contribution is -0.384. The molecule has 1 aromatic heterocycles. The van der Waals surface area contributed by atoms with Gasteiger partial charge in [-0.2, -0.15) is 0 Å². The summed E-state index contributed by atoms with van der Waals surface area (Å²) in [7, 11) is 0. The van der Waals surface area contributed by atoms with Crippen molar-refractivity contribution in [2.75, 3.05) is 0 Å². The molecule has 2 aliphatic heterocycles. The number of benzene rings is 1. The van der Waals surface area contributed by atoms with Gasteiger partial charge in [0.2, 0.25) is 0 Å². The number of carbonyl (C=O) groups excluding carboxylic acids is 1. The van der Waals surface area contributed by atoms with Crippen molar-refractivity contribution in [1.82, 2.24) is 10.2 Å². The molecule has 27 heavy (non-hydrogen) atoms. The summed E-state index contributed by atoms with van der Waals surface area (Å²) >= 11 is 1.81. The van der Waals surface area contributed by atoms with Crippen LogP contribution in [0.15, 0.2) is 41.8 Å². The molecule has 0 spiro atoms. The number of thiophene rings is 1. The van der Waals surface area contributed by atoms with Gasteiger partial charge in [-0.1, -0.05) is 12.5 Å². The van der Waals surface area contributed by atoms with E-state index in [0.717, 1.165) is 19.4 Å². The quantitative estimate of drug-likeness (QED) is 0.624. The largest absolute Gasteiger partial charge is 0.349 e. The van der Waals surface area contributed by atoms with Gasteiger partial charge in [0.15, 0.2) is 0 Å². The third-order valence-corrected chi connectivity index (χ3v) is 6.58. The number of fused-ring (bicyclic) bond motifs is 2. The summed E-state index contributed by atoms with van der Waals surface area (Å²) in [4.78, 5) is 26.9. The van der Waals surface area contributed by atoms with E-state index in [0.29, 0.717) is 17.6 Å². The predicted molar refractivity (Wildman–Crippen MR) is 105 cm³/mol. The Bertz CT molecular complexity index is 792. The van der Waals surface area contributed by atoms with Crippen molar-refractivity contribution >= 4 is 22.9 Å². The Hall–Kier alpha value is -2.25. The third-order valence-electron chi connectivity index (χ3n) is 5.72. The molecule has 4 rings (SSSR count). The molecule has 1 aromatic carbocycles. The second kappa shape index (κ2) is 7.78. The monoisotopic (exact) mass is 385 g/mol. The Morgan fingerprint density at radius 3 is 2.48 bits per heavy atom. The Balaban J connectivity index is 1.39. The maximum Gasteiger partial charge on any atom is 0.269 e. The van der Waals surface area contributed by atoms with Crippen LogP contribution in [0.25, 0.3) is 0 Å². The molecule has 2 saturated heterocycles. The van der Waals surface area contributed by atoms with Crippen LogP contribution in [0.5, 0.6) is 0 Å². The summed E-state index contributed by atoms with van der Waals surface area (Å²) in [5, 5.41) is 16.0. The lowest BCUT2D eigenvalue weighted by Gasteiger charge is -2.49. The minimum absolute atomic E-state index is 0.00275. The molecule has 0 aliphatic carbocycles. The van der Waals surface area contributed by atoms with E-state index < -0.39 is 4.92 Å². The van der Waals surface area contributed by atoms with Gasteiger partial charge < -0.3 is 5.32 Å². The van der Waals surface area contributed by atoms with Gasteiger partial charge in [-0.15, -0.1) is 11.3 Å². The molecule has 0 saturated carbocycles. The zero-order valence-corrected chi connectivity index (χ0v) is 15.9. The highest BCUT2D eigenvalue weighted by atomic mass is 32.1. The molecule has 142 valence electrons. The van der Waals surface area contributed by atoms with E-state index in [9.17, 15) is 14.9 Å². The number of nitro benzene ring substituents is 1. The molecular formula is C20H23N3O3S. The maximum absolute atomic E-state index is 12.6. The molecule has 2 aliphatic rings. The van der Waals surface area contributed by atoms with Crippen molar-refractivity contribution in [3.63, 3.8) is 0 Å². The highest BCUT2D eigenvalue weighted by molar-refractivity contribution is 7.09. The Morgan fingerprint density at radius 1 is 1.19 bits per heavy atom. The number of amides is 1. The number of nitro groups is 1. The van der Waals surface area contributed by atoms with Crippen molar-refractivity contribution in [3.8, 4) is 0 Å². The van der Waals surface area contributed by atoms with Crippen molar-refractivity contribution in [2.24, 2.45) is 0 Å². The summed E-state index contributed by atoms with van der Waals surface area (Å²) in [5.74, 6) is -0.139. The first-order valence-corrected chi connectivity index (χ1v) is 10.3. The summed E-state index contributed by atoms with van der Waals surface area (Å²) in [6, 6.07) is 11.3. The number of nitrogens with zero attached hydrogens (tertiary/aromatic N) is 2. The Labute approximate surface area is 162 Å². The van der Waals surface area contributed by atoms with Crippen LogP contribution < -0.4 is 5.32 Å². The van der Waals surface area contributed by atoms with Gasteiger partial charge >= 0.3 is 0 Å². The van der Waals surface area contributed by atoms with Crippen LogP contribution in [0.3, 0.4) is 0 Å². The van der Waals surface area contributed by atoms with Gasteiger partial charge in [0.25, 0.3) is 11.6 Å². The van der Waals surface area contributed by atoms with E-state index >= 15 is 0 Å². The second-order valence-corrected chi connectivity index (χ2v) is 8.47. The van der Waals surface area contributed by atoms with Gasteiger partial charge in [-0.05, 0) is 49.3 Å². The number of non-ortho nitro benzene ring substituents is 1. The molecule has 3 heterocycles. The SMILES string of the molecule is O=C(NC1C[C@H]2CCC[C@H](C1)N2Cc1cccs1)c1ccc([N+](=O)[O-])cc1. The first kappa shape index (κ1) is 18.1. The predicted octanol–water partition coefficient (Wildman–Crippen LogP) is 3.97. The highest BCUT2D eigenvalue weighted by Crippen LogP contribution is 2.35. The van der Waals surface area contributed by atoms with Crippen LogP contribution in [-0.4, -0.2) is 33.9 Å². The van der Waals surface area contributed by atoms with Crippen LogP contribution in [0.2, 0.25) is 0 Å². The smallest absolute Gasteiger partial charge is 0.269 e. The van der Waals surface area contributed by atoms with Crippen molar-refractivity contribution < 1.29 is 9.72 Å². The number of hydrogen-bond acceptors (Lipinski definition) is 5. The molecule has 1 N–H and O–H groups in total. The zero-order chi connectivity index (χ0) is 18.8. The zero-order valence-electron chi connectivity index (χ0n) is 15.0. The fraction of sp³-hybridized carbons (Fsp3) is 0.450. The molecule has 0 radical (unpaired) electrons. The summed E-state index contributed by atoms with van der Waals surface area (Å²) in [6.45, 7) is 1.01.